The smallest absolute Gasteiger partial charge is 0.231 e. The number of aromatic nitrogens is 1. The van der Waals surface area contributed by atoms with Gasteiger partial charge in [-0.2, -0.15) is 0 Å². The molecule has 1 fully saturated rings. The molecule has 33 heavy (non-hydrogen) atoms. The van der Waals surface area contributed by atoms with Gasteiger partial charge in [-0.15, -0.1) is 11.3 Å². The standard InChI is InChI=1S/C25H26ClN3O3S/c26-20-13-23-22(31-16-32-23)12-18(20)14-27-10-8-19-6-7-25(30)29(19)11-9-24-28-21(15-33-24)17-4-2-1-3-5-17/h1-5,12-13,15,19,27H,6-11,14,16H2/t19-/m0/s1. The Morgan fingerprint density at radius 2 is 2.00 bits per heavy atom. The largest absolute Gasteiger partial charge is 0.454 e. The van der Waals surface area contributed by atoms with E-state index < -0.39 is 0 Å². The maximum Gasteiger partial charge on any atom is 0.231 e. The van der Waals surface area contributed by atoms with E-state index in [0.29, 0.717) is 23.7 Å². The maximum atomic E-state index is 12.5. The summed E-state index contributed by atoms with van der Waals surface area (Å²) in [6.07, 6.45) is 3.26. The zero-order chi connectivity index (χ0) is 22.6. The van der Waals surface area contributed by atoms with Crippen molar-refractivity contribution in [2.24, 2.45) is 0 Å². The number of likely N-dealkylation sites (tertiary alicyclic amines) is 1. The van der Waals surface area contributed by atoms with Gasteiger partial charge in [-0.25, -0.2) is 4.98 Å². The molecule has 3 aromatic rings. The number of fused-ring (bicyclic) bond motifs is 1. The molecule has 0 radical (unpaired) electrons. The van der Waals surface area contributed by atoms with E-state index in [2.05, 4.69) is 22.8 Å². The fourth-order valence-electron chi connectivity index (χ4n) is 4.37. The lowest BCUT2D eigenvalue weighted by Gasteiger charge is -2.24. The number of rotatable bonds is 9. The van der Waals surface area contributed by atoms with Gasteiger partial charge >= 0.3 is 0 Å². The summed E-state index contributed by atoms with van der Waals surface area (Å²) in [6, 6.07) is 14.2. The molecule has 3 heterocycles. The molecule has 1 amide bonds. The lowest BCUT2D eigenvalue weighted by atomic mass is 10.1. The molecule has 8 heteroatoms. The van der Waals surface area contributed by atoms with Crippen LogP contribution in [0, 0.1) is 0 Å². The normalized spacial score (nSPS) is 17.2. The van der Waals surface area contributed by atoms with E-state index in [4.69, 9.17) is 26.1 Å². The maximum absolute atomic E-state index is 12.5. The van der Waals surface area contributed by atoms with Crippen molar-refractivity contribution in [2.75, 3.05) is 19.9 Å². The molecule has 0 bridgehead atoms. The number of hydrogen-bond acceptors (Lipinski definition) is 6. The van der Waals surface area contributed by atoms with Crippen molar-refractivity contribution < 1.29 is 14.3 Å². The van der Waals surface area contributed by atoms with Gasteiger partial charge in [0.05, 0.1) is 10.7 Å². The molecule has 172 valence electrons. The second-order valence-electron chi connectivity index (χ2n) is 8.28. The highest BCUT2D eigenvalue weighted by atomic mass is 35.5. The van der Waals surface area contributed by atoms with Crippen molar-refractivity contribution >= 4 is 28.8 Å². The quantitative estimate of drug-likeness (QED) is 0.438. The average Bonchev–Trinajstić information content (AvgIpc) is 3.56. The van der Waals surface area contributed by atoms with E-state index in [1.54, 1.807) is 17.4 Å². The number of carbonyl (C=O) groups excluding carboxylic acids is 1. The molecule has 1 aromatic heterocycles. The van der Waals surface area contributed by atoms with Crippen LogP contribution in [-0.4, -0.2) is 41.7 Å². The van der Waals surface area contributed by atoms with Gasteiger partial charge in [0, 0.05) is 54.0 Å². The first-order chi connectivity index (χ1) is 16.2. The van der Waals surface area contributed by atoms with E-state index in [1.807, 2.05) is 29.2 Å². The molecule has 0 aliphatic carbocycles. The number of nitrogens with one attached hydrogen (secondary N) is 1. The van der Waals surface area contributed by atoms with Crippen molar-refractivity contribution in [1.82, 2.24) is 15.2 Å². The molecular formula is C25H26ClN3O3S. The number of ether oxygens (including phenoxy) is 2. The van der Waals surface area contributed by atoms with Crippen molar-refractivity contribution in [3.05, 3.63) is 63.4 Å². The summed E-state index contributed by atoms with van der Waals surface area (Å²) in [7, 11) is 0. The molecule has 0 saturated carbocycles. The number of benzene rings is 2. The number of hydrogen-bond donors (Lipinski definition) is 1. The Bertz CT molecular complexity index is 1120. The lowest BCUT2D eigenvalue weighted by Crippen LogP contribution is -2.36. The summed E-state index contributed by atoms with van der Waals surface area (Å²) in [6.45, 7) is 2.42. The van der Waals surface area contributed by atoms with Gasteiger partial charge in [0.1, 0.15) is 0 Å². The molecule has 5 rings (SSSR count). The summed E-state index contributed by atoms with van der Waals surface area (Å²) >= 11 is 8.03. The topological polar surface area (TPSA) is 63.7 Å². The molecule has 2 aliphatic rings. The van der Waals surface area contributed by atoms with Crippen LogP contribution in [-0.2, 0) is 17.8 Å². The van der Waals surface area contributed by atoms with Crippen LogP contribution in [0.4, 0.5) is 0 Å². The number of amides is 1. The first kappa shape index (κ1) is 22.2. The fourth-order valence-corrected chi connectivity index (χ4v) is 5.39. The van der Waals surface area contributed by atoms with Crippen molar-refractivity contribution in [3.63, 3.8) is 0 Å². The van der Waals surface area contributed by atoms with Gasteiger partial charge in [0.2, 0.25) is 12.7 Å². The molecule has 1 N–H and O–H groups in total. The molecule has 2 aromatic carbocycles. The van der Waals surface area contributed by atoms with Gasteiger partial charge in [0.25, 0.3) is 0 Å². The van der Waals surface area contributed by atoms with Gasteiger partial charge in [0.15, 0.2) is 11.5 Å². The Kier molecular flexibility index (Phi) is 6.80. The second kappa shape index (κ2) is 10.1. The van der Waals surface area contributed by atoms with E-state index in [9.17, 15) is 4.79 Å². The minimum Gasteiger partial charge on any atom is -0.454 e. The highest BCUT2D eigenvalue weighted by Gasteiger charge is 2.30. The van der Waals surface area contributed by atoms with Crippen LogP contribution >= 0.6 is 22.9 Å². The summed E-state index contributed by atoms with van der Waals surface area (Å²) in [5, 5.41) is 7.30. The van der Waals surface area contributed by atoms with E-state index in [-0.39, 0.29) is 18.7 Å². The highest BCUT2D eigenvalue weighted by molar-refractivity contribution is 7.09. The molecule has 2 aliphatic heterocycles. The number of halogens is 1. The van der Waals surface area contributed by atoms with Crippen LogP contribution < -0.4 is 14.8 Å². The predicted molar refractivity (Wildman–Crippen MR) is 130 cm³/mol. The highest BCUT2D eigenvalue weighted by Crippen LogP contribution is 2.36. The molecule has 0 spiro atoms. The second-order valence-corrected chi connectivity index (χ2v) is 9.63. The third-order valence-corrected chi connectivity index (χ3v) is 7.41. The summed E-state index contributed by atoms with van der Waals surface area (Å²) in [5.74, 6) is 1.68. The van der Waals surface area contributed by atoms with Gasteiger partial charge in [-0.05, 0) is 31.0 Å². The van der Waals surface area contributed by atoms with E-state index in [1.165, 1.54) is 0 Å². The summed E-state index contributed by atoms with van der Waals surface area (Å²) < 4.78 is 10.8. The minimum atomic E-state index is 0.239. The third-order valence-electron chi connectivity index (χ3n) is 6.15. The van der Waals surface area contributed by atoms with Crippen molar-refractivity contribution in [3.8, 4) is 22.8 Å². The van der Waals surface area contributed by atoms with Gasteiger partial charge in [-0.3, -0.25) is 4.79 Å². The molecule has 6 nitrogen and oxygen atoms in total. The van der Waals surface area contributed by atoms with E-state index in [0.717, 1.165) is 59.9 Å². The monoisotopic (exact) mass is 483 g/mol. The Balaban J connectivity index is 1.11. The van der Waals surface area contributed by atoms with Gasteiger partial charge < -0.3 is 19.7 Å². The zero-order valence-electron chi connectivity index (χ0n) is 18.3. The SMILES string of the molecule is O=C1CC[C@@H](CCNCc2cc3c(cc2Cl)OCO3)N1CCc1nc(-c2ccccc2)cs1. The van der Waals surface area contributed by atoms with Crippen LogP contribution in [0.15, 0.2) is 47.8 Å². The Morgan fingerprint density at radius 1 is 1.18 bits per heavy atom. The number of carbonyl (C=O) groups is 1. The molecular weight excluding hydrogens is 458 g/mol. The van der Waals surface area contributed by atoms with Crippen molar-refractivity contribution in [1.29, 1.82) is 0 Å². The predicted octanol–water partition coefficient (Wildman–Crippen LogP) is 4.91. The summed E-state index contributed by atoms with van der Waals surface area (Å²) in [5.41, 5.74) is 3.12. The first-order valence-electron chi connectivity index (χ1n) is 11.3. The van der Waals surface area contributed by atoms with Crippen molar-refractivity contribution in [2.45, 2.75) is 38.3 Å². The summed E-state index contributed by atoms with van der Waals surface area (Å²) in [4.78, 5) is 19.3. The Hall–Kier alpha value is -2.61. The van der Waals surface area contributed by atoms with E-state index >= 15 is 0 Å². The Labute approximate surface area is 202 Å². The number of nitrogens with zero attached hydrogens (tertiary/aromatic N) is 2. The number of thiazole rings is 1. The lowest BCUT2D eigenvalue weighted by molar-refractivity contribution is -0.129. The van der Waals surface area contributed by atoms with Crippen LogP contribution in [0.3, 0.4) is 0 Å². The first-order valence-corrected chi connectivity index (χ1v) is 12.5. The Morgan fingerprint density at radius 3 is 2.85 bits per heavy atom. The molecule has 1 saturated heterocycles. The van der Waals surface area contributed by atoms with Gasteiger partial charge in [-0.1, -0.05) is 41.9 Å². The molecule has 0 unspecified atom stereocenters. The van der Waals surface area contributed by atoms with Crippen LogP contribution in [0.25, 0.3) is 11.3 Å². The van der Waals surface area contributed by atoms with Crippen LogP contribution in [0.1, 0.15) is 29.8 Å². The third kappa shape index (κ3) is 5.16. The zero-order valence-corrected chi connectivity index (χ0v) is 19.8. The van der Waals surface area contributed by atoms with Crippen LogP contribution in [0.5, 0.6) is 11.5 Å². The minimum absolute atomic E-state index is 0.239. The fraction of sp³-hybridized carbons (Fsp3) is 0.360. The molecule has 1 atom stereocenters. The average molecular weight is 484 g/mol. The van der Waals surface area contributed by atoms with Crippen LogP contribution in [0.2, 0.25) is 5.02 Å².